The molecule has 0 bridgehead atoms. The Bertz CT molecular complexity index is 352. The lowest BCUT2D eigenvalue weighted by molar-refractivity contribution is -0.384. The van der Waals surface area contributed by atoms with Crippen LogP contribution in [-0.2, 0) is 0 Å². The van der Waals surface area contributed by atoms with Crippen LogP contribution >= 0.6 is 0 Å². The third-order valence-electron chi connectivity index (χ3n) is 1.42. The zero-order chi connectivity index (χ0) is 9.84. The van der Waals surface area contributed by atoms with E-state index in [2.05, 4.69) is 5.18 Å². The third-order valence-corrected chi connectivity index (χ3v) is 1.42. The molecule has 0 saturated heterocycles. The highest BCUT2D eigenvalue weighted by atomic mass is 16.6. The number of rotatable bonds is 3. The van der Waals surface area contributed by atoms with Gasteiger partial charge in [0.2, 0.25) is 5.69 Å². The molecule has 7 heteroatoms. The van der Waals surface area contributed by atoms with Crippen molar-refractivity contribution < 1.29 is 10.1 Å². The largest absolute Gasteiger partial charge is 0.300 e. The van der Waals surface area contributed by atoms with Crippen molar-refractivity contribution in [3.8, 4) is 0 Å². The molecule has 0 heterocycles. The molecule has 0 aliphatic heterocycles. The molecule has 13 heavy (non-hydrogen) atoms. The van der Waals surface area contributed by atoms with E-state index in [0.717, 1.165) is 6.07 Å². The van der Waals surface area contributed by atoms with Crippen LogP contribution in [0.5, 0.6) is 0 Å². The van der Waals surface area contributed by atoms with Crippen LogP contribution in [-0.4, -0.2) is 10.1 Å². The van der Waals surface area contributed by atoms with E-state index in [1.165, 1.54) is 12.1 Å². The monoisotopic (exact) mass is 183 g/mol. The fourth-order valence-electron chi connectivity index (χ4n) is 0.865. The lowest BCUT2D eigenvalue weighted by Crippen LogP contribution is -1.93. The van der Waals surface area contributed by atoms with Gasteiger partial charge in [0, 0.05) is 6.07 Å². The zero-order valence-corrected chi connectivity index (χ0v) is 6.30. The molecule has 0 spiro atoms. The van der Waals surface area contributed by atoms with Crippen molar-refractivity contribution in [1.82, 2.24) is 0 Å². The maximum Gasteiger partial charge on any atom is 0.300 e. The third kappa shape index (κ3) is 1.59. The van der Waals surface area contributed by atoms with E-state index < -0.39 is 16.3 Å². The molecule has 0 saturated carbocycles. The number of nitro groups is 1. The summed E-state index contributed by atoms with van der Waals surface area (Å²) in [6, 6.07) is 3.74. The van der Waals surface area contributed by atoms with E-state index in [1.807, 2.05) is 0 Å². The number of hydrogen-bond donors (Lipinski definition) is 2. The van der Waals surface area contributed by atoms with E-state index in [1.54, 1.807) is 5.48 Å². The summed E-state index contributed by atoms with van der Waals surface area (Å²) in [7, 11) is 0. The molecule has 0 atom stereocenters. The Morgan fingerprint density at radius 2 is 2.23 bits per heavy atom. The summed E-state index contributed by atoms with van der Waals surface area (Å²) >= 11 is 0. The van der Waals surface area contributed by atoms with Gasteiger partial charge in [-0.2, -0.15) is 0 Å². The Labute approximate surface area is 72.1 Å². The van der Waals surface area contributed by atoms with Gasteiger partial charge in [0.15, 0.2) is 0 Å². The lowest BCUT2D eigenvalue weighted by atomic mass is 10.2. The van der Waals surface area contributed by atoms with Gasteiger partial charge in [-0.15, -0.1) is 4.91 Å². The topological polar surface area (TPSA) is 105 Å². The van der Waals surface area contributed by atoms with Crippen molar-refractivity contribution in [3.05, 3.63) is 33.2 Å². The molecule has 1 aromatic carbocycles. The Balaban J connectivity index is 3.35. The molecule has 0 aliphatic carbocycles. The summed E-state index contributed by atoms with van der Waals surface area (Å²) in [6.07, 6.45) is 0. The van der Waals surface area contributed by atoms with Crippen molar-refractivity contribution in [3.63, 3.8) is 0 Å². The van der Waals surface area contributed by atoms with E-state index >= 15 is 0 Å². The molecule has 0 aliphatic rings. The molecule has 1 rings (SSSR count). The summed E-state index contributed by atoms with van der Waals surface area (Å²) < 4.78 is 0. The molecule has 1 aromatic rings. The van der Waals surface area contributed by atoms with Crippen LogP contribution < -0.4 is 5.48 Å². The quantitative estimate of drug-likeness (QED) is 0.422. The minimum Gasteiger partial charge on any atom is -0.291 e. The fraction of sp³-hybridized carbons (Fsp3) is 0. The van der Waals surface area contributed by atoms with Gasteiger partial charge >= 0.3 is 5.69 Å². The number of anilines is 1. The van der Waals surface area contributed by atoms with E-state index in [0.29, 0.717) is 0 Å². The molecule has 0 radical (unpaired) electrons. The van der Waals surface area contributed by atoms with Crippen LogP contribution in [0, 0.1) is 15.0 Å². The van der Waals surface area contributed by atoms with Crippen LogP contribution in [0.15, 0.2) is 23.4 Å². The first-order chi connectivity index (χ1) is 6.20. The molecular weight excluding hydrogens is 178 g/mol. The van der Waals surface area contributed by atoms with Gasteiger partial charge in [0.1, 0.15) is 0 Å². The number of nitro benzene ring substituents is 1. The Hall–Kier alpha value is -2.02. The molecule has 2 N–H and O–H groups in total. The highest BCUT2D eigenvalue weighted by Crippen LogP contribution is 2.34. The molecule has 7 nitrogen and oxygen atoms in total. The number of nitrogens with one attached hydrogen (secondary N) is 1. The zero-order valence-electron chi connectivity index (χ0n) is 6.30. The predicted octanol–water partition coefficient (Wildman–Crippen LogP) is 1.79. The van der Waals surface area contributed by atoms with Crippen molar-refractivity contribution >= 4 is 17.1 Å². The summed E-state index contributed by atoms with van der Waals surface area (Å²) in [5, 5.41) is 21.3. The Kier molecular flexibility index (Phi) is 2.50. The second kappa shape index (κ2) is 3.59. The SMILES string of the molecule is O=Nc1c(NO)cccc1[N+](=O)[O-]. The van der Waals surface area contributed by atoms with Crippen molar-refractivity contribution in [1.29, 1.82) is 0 Å². The highest BCUT2D eigenvalue weighted by Gasteiger charge is 2.17. The normalized spacial score (nSPS) is 9.31. The van der Waals surface area contributed by atoms with Gasteiger partial charge in [0.25, 0.3) is 0 Å². The summed E-state index contributed by atoms with van der Waals surface area (Å²) in [6.45, 7) is 0. The maximum absolute atomic E-state index is 10.3. The summed E-state index contributed by atoms with van der Waals surface area (Å²) in [4.78, 5) is 19.8. The van der Waals surface area contributed by atoms with Gasteiger partial charge in [0.05, 0.1) is 10.6 Å². The minimum absolute atomic E-state index is 0.0933. The van der Waals surface area contributed by atoms with Gasteiger partial charge < -0.3 is 0 Å². The van der Waals surface area contributed by atoms with Crippen LogP contribution in [0.3, 0.4) is 0 Å². The van der Waals surface area contributed by atoms with E-state index in [9.17, 15) is 15.0 Å². The summed E-state index contributed by atoms with van der Waals surface area (Å²) in [5.41, 5.74) is 0.679. The molecular formula is C6H5N3O4. The smallest absolute Gasteiger partial charge is 0.291 e. The van der Waals surface area contributed by atoms with Crippen LogP contribution in [0.4, 0.5) is 17.1 Å². The lowest BCUT2D eigenvalue weighted by Gasteiger charge is -2.00. The van der Waals surface area contributed by atoms with Gasteiger partial charge in [-0.1, -0.05) is 6.07 Å². The van der Waals surface area contributed by atoms with Crippen molar-refractivity contribution in [2.75, 3.05) is 5.48 Å². The highest BCUT2D eigenvalue weighted by molar-refractivity contribution is 5.74. The first kappa shape index (κ1) is 9.07. The van der Waals surface area contributed by atoms with E-state index in [-0.39, 0.29) is 5.69 Å². The van der Waals surface area contributed by atoms with Crippen LogP contribution in [0.25, 0.3) is 0 Å². The van der Waals surface area contributed by atoms with Gasteiger partial charge in [-0.25, -0.2) is 0 Å². The number of hydrogen-bond acceptors (Lipinski definition) is 6. The first-order valence-electron chi connectivity index (χ1n) is 3.21. The number of nitrogens with zero attached hydrogens (tertiary/aromatic N) is 2. The predicted molar refractivity (Wildman–Crippen MR) is 44.0 cm³/mol. The van der Waals surface area contributed by atoms with Crippen LogP contribution in [0.2, 0.25) is 0 Å². The number of benzene rings is 1. The molecule has 0 fully saturated rings. The molecule has 0 unspecified atom stereocenters. The first-order valence-corrected chi connectivity index (χ1v) is 3.21. The summed E-state index contributed by atoms with van der Waals surface area (Å²) in [5.74, 6) is 0. The molecule has 0 aromatic heterocycles. The second-order valence-corrected chi connectivity index (χ2v) is 2.13. The van der Waals surface area contributed by atoms with Gasteiger partial charge in [-0.05, 0) is 11.2 Å². The van der Waals surface area contributed by atoms with E-state index in [4.69, 9.17) is 5.21 Å². The average molecular weight is 183 g/mol. The van der Waals surface area contributed by atoms with Crippen molar-refractivity contribution in [2.45, 2.75) is 0 Å². The fourth-order valence-corrected chi connectivity index (χ4v) is 0.865. The average Bonchev–Trinajstić information content (AvgIpc) is 2.16. The Morgan fingerprint density at radius 3 is 2.69 bits per heavy atom. The standard InChI is InChI=1S/C6H5N3O4/c10-7-4-2-1-3-5(9(12)13)6(4)8-11/h1-3,7,10H. The minimum atomic E-state index is -0.752. The second-order valence-electron chi connectivity index (χ2n) is 2.13. The molecule has 0 amide bonds. The molecule has 68 valence electrons. The Morgan fingerprint density at radius 1 is 1.54 bits per heavy atom. The van der Waals surface area contributed by atoms with Crippen molar-refractivity contribution in [2.24, 2.45) is 5.18 Å². The number of nitroso groups, excluding NO2 is 1. The van der Waals surface area contributed by atoms with Gasteiger partial charge in [-0.3, -0.25) is 20.8 Å². The maximum atomic E-state index is 10.3. The van der Waals surface area contributed by atoms with Crippen LogP contribution in [0.1, 0.15) is 0 Å².